The molecule has 3 saturated carbocycles. The van der Waals surface area contributed by atoms with E-state index in [-0.39, 0.29) is 6.10 Å². The van der Waals surface area contributed by atoms with Gasteiger partial charge in [0.1, 0.15) is 0 Å². The van der Waals surface area contributed by atoms with Crippen LogP contribution in [0.5, 0.6) is 0 Å². The number of unbranched alkanes of at least 4 members (excludes halogenated alkanes) is 3. The molecule has 0 bridgehead atoms. The number of hydrogen-bond acceptors (Lipinski definition) is 2. The first-order valence-corrected chi connectivity index (χ1v) is 12.8. The molecule has 0 aromatic rings. The van der Waals surface area contributed by atoms with Crippen molar-refractivity contribution in [2.75, 3.05) is 0 Å². The highest BCUT2D eigenvalue weighted by Gasteiger charge is 2.61. The molecule has 0 heterocycles. The summed E-state index contributed by atoms with van der Waals surface area (Å²) in [4.78, 5) is 0. The Morgan fingerprint density at radius 1 is 1.03 bits per heavy atom. The Bertz CT molecular complexity index is 622. The molecule has 0 saturated heterocycles. The zero-order valence-electron chi connectivity index (χ0n) is 19.6. The van der Waals surface area contributed by atoms with Crippen molar-refractivity contribution in [1.82, 2.24) is 0 Å². The minimum Gasteiger partial charge on any atom is -0.393 e. The molecular formula is C27H46O2. The van der Waals surface area contributed by atoms with Gasteiger partial charge in [0.2, 0.25) is 0 Å². The van der Waals surface area contributed by atoms with E-state index < -0.39 is 5.60 Å². The second kappa shape index (κ2) is 7.97. The van der Waals surface area contributed by atoms with Crippen LogP contribution in [0.15, 0.2) is 11.6 Å². The number of aliphatic hydroxyl groups excluding tert-OH is 1. The fourth-order valence-corrected chi connectivity index (χ4v) is 8.75. The molecule has 0 amide bonds. The van der Waals surface area contributed by atoms with Gasteiger partial charge in [-0.2, -0.15) is 0 Å². The van der Waals surface area contributed by atoms with Crippen LogP contribution in [0.25, 0.3) is 0 Å². The molecule has 0 aromatic heterocycles. The summed E-state index contributed by atoms with van der Waals surface area (Å²) < 4.78 is 0. The van der Waals surface area contributed by atoms with Crippen LogP contribution in [0.3, 0.4) is 0 Å². The predicted molar refractivity (Wildman–Crippen MR) is 121 cm³/mol. The standard InChI is InChI=1S/C27H46O2/c1-5-6-7-8-15-27(4,29)24-12-11-22-21-10-9-19-18-20(28)13-16-25(19,2)23(21)14-17-26(22,24)3/h9,20-24,28-29H,5-8,10-18H2,1-4H3/t20-,21?,22?,23?,24-,25-,26-,27-/m0/s1. The van der Waals surface area contributed by atoms with Gasteiger partial charge in [-0.25, -0.2) is 0 Å². The molecule has 4 rings (SSSR count). The molecule has 0 spiro atoms. The first-order valence-electron chi connectivity index (χ1n) is 12.8. The summed E-state index contributed by atoms with van der Waals surface area (Å²) in [6, 6.07) is 0. The molecule has 2 heteroatoms. The first kappa shape index (κ1) is 21.9. The van der Waals surface area contributed by atoms with Crippen molar-refractivity contribution in [2.45, 2.75) is 123 Å². The third-order valence-corrected chi connectivity index (χ3v) is 10.4. The Balaban J connectivity index is 1.51. The molecule has 2 N–H and O–H groups in total. The van der Waals surface area contributed by atoms with Crippen molar-refractivity contribution >= 4 is 0 Å². The van der Waals surface area contributed by atoms with Gasteiger partial charge in [0.05, 0.1) is 11.7 Å². The lowest BCUT2D eigenvalue weighted by Gasteiger charge is -2.59. The summed E-state index contributed by atoms with van der Waals surface area (Å²) in [6.07, 6.45) is 17.8. The van der Waals surface area contributed by atoms with E-state index in [1.165, 1.54) is 64.2 Å². The number of hydrogen-bond donors (Lipinski definition) is 2. The van der Waals surface area contributed by atoms with Crippen LogP contribution in [0.1, 0.15) is 111 Å². The second-order valence-corrected chi connectivity index (χ2v) is 12.0. The van der Waals surface area contributed by atoms with Gasteiger partial charge in [-0.3, -0.25) is 0 Å². The molecule has 8 atom stereocenters. The van der Waals surface area contributed by atoms with Crippen molar-refractivity contribution in [2.24, 2.45) is 34.5 Å². The minimum atomic E-state index is -0.501. The van der Waals surface area contributed by atoms with E-state index in [0.717, 1.165) is 37.0 Å². The Hall–Kier alpha value is -0.340. The molecule has 3 fully saturated rings. The van der Waals surface area contributed by atoms with Crippen LogP contribution in [0.4, 0.5) is 0 Å². The second-order valence-electron chi connectivity index (χ2n) is 12.0. The average molecular weight is 403 g/mol. The van der Waals surface area contributed by atoms with E-state index >= 15 is 0 Å². The molecule has 0 aliphatic heterocycles. The van der Waals surface area contributed by atoms with E-state index in [2.05, 4.69) is 33.8 Å². The lowest BCUT2D eigenvalue weighted by Crippen LogP contribution is -2.53. The van der Waals surface area contributed by atoms with Gasteiger partial charge < -0.3 is 10.2 Å². The molecule has 29 heavy (non-hydrogen) atoms. The zero-order valence-corrected chi connectivity index (χ0v) is 19.6. The van der Waals surface area contributed by atoms with E-state index in [1.807, 2.05) is 0 Å². The molecule has 0 aromatic carbocycles. The number of allylic oxidation sites excluding steroid dienone is 1. The van der Waals surface area contributed by atoms with Crippen molar-refractivity contribution in [3.05, 3.63) is 11.6 Å². The molecule has 2 nitrogen and oxygen atoms in total. The Kier molecular flexibility index (Phi) is 6.01. The smallest absolute Gasteiger partial charge is 0.0653 e. The molecule has 0 radical (unpaired) electrons. The van der Waals surface area contributed by atoms with E-state index in [4.69, 9.17) is 0 Å². The first-order chi connectivity index (χ1) is 13.7. The summed E-state index contributed by atoms with van der Waals surface area (Å²) in [5.74, 6) is 2.82. The highest BCUT2D eigenvalue weighted by atomic mass is 16.3. The summed E-state index contributed by atoms with van der Waals surface area (Å²) in [5, 5.41) is 21.8. The van der Waals surface area contributed by atoms with Crippen LogP contribution < -0.4 is 0 Å². The Morgan fingerprint density at radius 2 is 1.83 bits per heavy atom. The van der Waals surface area contributed by atoms with E-state index in [9.17, 15) is 10.2 Å². The van der Waals surface area contributed by atoms with E-state index in [0.29, 0.717) is 16.7 Å². The van der Waals surface area contributed by atoms with Gasteiger partial charge in [-0.1, -0.05) is 58.1 Å². The highest BCUT2D eigenvalue weighted by Crippen LogP contribution is 2.67. The van der Waals surface area contributed by atoms with Crippen LogP contribution in [0.2, 0.25) is 0 Å². The Labute approximate surface area is 179 Å². The van der Waals surface area contributed by atoms with Gasteiger partial charge in [-0.05, 0) is 99.2 Å². The quantitative estimate of drug-likeness (QED) is 0.386. The topological polar surface area (TPSA) is 40.5 Å². The number of rotatable bonds is 6. The third kappa shape index (κ3) is 3.65. The van der Waals surface area contributed by atoms with Gasteiger partial charge in [-0.15, -0.1) is 0 Å². The zero-order chi connectivity index (χ0) is 20.9. The Morgan fingerprint density at radius 3 is 2.59 bits per heavy atom. The molecule has 4 aliphatic rings. The van der Waals surface area contributed by atoms with Crippen molar-refractivity contribution in [1.29, 1.82) is 0 Å². The highest BCUT2D eigenvalue weighted by molar-refractivity contribution is 5.25. The van der Waals surface area contributed by atoms with Gasteiger partial charge in [0, 0.05) is 0 Å². The molecule has 3 unspecified atom stereocenters. The van der Waals surface area contributed by atoms with Crippen molar-refractivity contribution in [3.63, 3.8) is 0 Å². The largest absolute Gasteiger partial charge is 0.393 e. The molecular weight excluding hydrogens is 356 g/mol. The van der Waals surface area contributed by atoms with Gasteiger partial charge in [0.25, 0.3) is 0 Å². The summed E-state index contributed by atoms with van der Waals surface area (Å²) in [7, 11) is 0. The summed E-state index contributed by atoms with van der Waals surface area (Å²) in [5.41, 5.74) is 1.70. The van der Waals surface area contributed by atoms with Crippen LogP contribution in [0, 0.1) is 34.5 Å². The maximum atomic E-state index is 11.5. The van der Waals surface area contributed by atoms with Crippen LogP contribution in [-0.2, 0) is 0 Å². The summed E-state index contributed by atoms with van der Waals surface area (Å²) in [6.45, 7) is 9.47. The monoisotopic (exact) mass is 402 g/mol. The lowest BCUT2D eigenvalue weighted by atomic mass is 9.46. The number of fused-ring (bicyclic) bond motifs is 5. The molecule has 166 valence electrons. The SMILES string of the molecule is CCCCCC[C@](C)(O)[C@H]1CCC2C3CC=C4C[C@@H](O)CC[C@]4(C)C3CC[C@@]21C. The van der Waals surface area contributed by atoms with Crippen molar-refractivity contribution < 1.29 is 10.2 Å². The fraction of sp³-hybridized carbons (Fsp3) is 0.926. The maximum Gasteiger partial charge on any atom is 0.0653 e. The third-order valence-electron chi connectivity index (χ3n) is 10.4. The predicted octanol–water partition coefficient (Wildman–Crippen LogP) is 6.65. The van der Waals surface area contributed by atoms with Crippen molar-refractivity contribution in [3.8, 4) is 0 Å². The van der Waals surface area contributed by atoms with Gasteiger partial charge in [0.15, 0.2) is 0 Å². The van der Waals surface area contributed by atoms with E-state index in [1.54, 1.807) is 5.57 Å². The molecule has 4 aliphatic carbocycles. The summed E-state index contributed by atoms with van der Waals surface area (Å²) >= 11 is 0. The van der Waals surface area contributed by atoms with Crippen LogP contribution in [-0.4, -0.2) is 21.9 Å². The maximum absolute atomic E-state index is 11.5. The number of aliphatic hydroxyl groups is 2. The van der Waals surface area contributed by atoms with Crippen LogP contribution >= 0.6 is 0 Å². The normalized spacial score (nSPS) is 46.3. The average Bonchev–Trinajstić information content (AvgIpc) is 3.04. The van der Waals surface area contributed by atoms with Gasteiger partial charge >= 0.3 is 0 Å². The minimum absolute atomic E-state index is 0.113. The lowest BCUT2D eigenvalue weighted by molar-refractivity contribution is -0.105. The fourth-order valence-electron chi connectivity index (χ4n) is 8.75.